The minimum Gasteiger partial charge on any atom is -0.463 e. The quantitative estimate of drug-likeness (QED) is 0.673. The van der Waals surface area contributed by atoms with Crippen molar-refractivity contribution in [2.45, 2.75) is 84.2 Å². The van der Waals surface area contributed by atoms with Gasteiger partial charge in [-0.3, -0.25) is 4.79 Å². The second kappa shape index (κ2) is 8.25. The van der Waals surface area contributed by atoms with Crippen LogP contribution in [0.4, 0.5) is 0 Å². The summed E-state index contributed by atoms with van der Waals surface area (Å²) in [6, 6.07) is 0. The Balaban J connectivity index is 2.57. The smallest absolute Gasteiger partial charge is 0.336 e. The van der Waals surface area contributed by atoms with Gasteiger partial charge in [0, 0.05) is 0 Å². The third kappa shape index (κ3) is 6.37. The van der Waals surface area contributed by atoms with Crippen molar-refractivity contribution in [1.29, 1.82) is 0 Å². The van der Waals surface area contributed by atoms with E-state index in [1.165, 1.54) is 0 Å². The van der Waals surface area contributed by atoms with Crippen molar-refractivity contribution < 1.29 is 23.8 Å². The molecule has 0 amide bonds. The molecule has 1 atom stereocenters. The molecule has 0 aromatic rings. The molecule has 116 valence electrons. The van der Waals surface area contributed by atoms with Crippen LogP contribution in [0.2, 0.25) is 0 Å². The Kier molecular flexibility index (Phi) is 6.99. The number of carbonyl (C=O) groups excluding carboxylic acids is 2. The standard InChI is InChI=1S/C15H26O5/c1-10(2)18-14(16)9-13(15(17)19-11(3)4)20-12-7-5-6-8-12/h10-13H,5-9H2,1-4H3. The van der Waals surface area contributed by atoms with E-state index in [9.17, 15) is 9.59 Å². The van der Waals surface area contributed by atoms with E-state index in [-0.39, 0.29) is 24.7 Å². The molecule has 0 saturated heterocycles. The molecule has 1 fully saturated rings. The maximum atomic E-state index is 12.0. The molecule has 1 rings (SSSR count). The van der Waals surface area contributed by atoms with Gasteiger partial charge in [-0.1, -0.05) is 12.8 Å². The second-order valence-corrected chi connectivity index (χ2v) is 5.76. The lowest BCUT2D eigenvalue weighted by Gasteiger charge is -2.21. The van der Waals surface area contributed by atoms with Crippen LogP contribution in [-0.2, 0) is 23.8 Å². The van der Waals surface area contributed by atoms with Gasteiger partial charge < -0.3 is 14.2 Å². The Bertz CT molecular complexity index is 318. The summed E-state index contributed by atoms with van der Waals surface area (Å²) >= 11 is 0. The lowest BCUT2D eigenvalue weighted by atomic mass is 10.2. The van der Waals surface area contributed by atoms with Crippen LogP contribution in [0.3, 0.4) is 0 Å². The zero-order valence-electron chi connectivity index (χ0n) is 12.9. The molecule has 0 radical (unpaired) electrons. The normalized spacial score (nSPS) is 17.5. The lowest BCUT2D eigenvalue weighted by Crippen LogP contribution is -2.34. The molecular weight excluding hydrogens is 260 g/mol. The van der Waals surface area contributed by atoms with Gasteiger partial charge in [0.15, 0.2) is 6.10 Å². The highest BCUT2D eigenvalue weighted by Gasteiger charge is 2.30. The van der Waals surface area contributed by atoms with Crippen molar-refractivity contribution in [2.24, 2.45) is 0 Å². The van der Waals surface area contributed by atoms with Gasteiger partial charge in [-0.05, 0) is 40.5 Å². The van der Waals surface area contributed by atoms with E-state index in [1.807, 2.05) is 0 Å². The van der Waals surface area contributed by atoms with Crippen molar-refractivity contribution in [3.63, 3.8) is 0 Å². The summed E-state index contributed by atoms with van der Waals surface area (Å²) < 4.78 is 16.0. The summed E-state index contributed by atoms with van der Waals surface area (Å²) in [5, 5.41) is 0. The highest BCUT2D eigenvalue weighted by Crippen LogP contribution is 2.23. The van der Waals surface area contributed by atoms with Gasteiger partial charge in [0.2, 0.25) is 0 Å². The maximum absolute atomic E-state index is 12.0. The first kappa shape index (κ1) is 17.0. The van der Waals surface area contributed by atoms with Gasteiger partial charge in [-0.25, -0.2) is 4.79 Å². The number of hydrogen-bond acceptors (Lipinski definition) is 5. The van der Waals surface area contributed by atoms with E-state index in [2.05, 4.69) is 0 Å². The fourth-order valence-electron chi connectivity index (χ4n) is 2.21. The molecule has 5 heteroatoms. The minimum absolute atomic E-state index is 0.0477. The van der Waals surface area contributed by atoms with Crippen LogP contribution >= 0.6 is 0 Å². The van der Waals surface area contributed by atoms with Crippen molar-refractivity contribution in [3.8, 4) is 0 Å². The van der Waals surface area contributed by atoms with Gasteiger partial charge in [0.25, 0.3) is 0 Å². The minimum atomic E-state index is -0.855. The van der Waals surface area contributed by atoms with Gasteiger partial charge >= 0.3 is 11.9 Å². The summed E-state index contributed by atoms with van der Waals surface area (Å²) in [4.78, 5) is 23.7. The van der Waals surface area contributed by atoms with Crippen molar-refractivity contribution in [3.05, 3.63) is 0 Å². The fourth-order valence-corrected chi connectivity index (χ4v) is 2.21. The molecule has 0 aromatic carbocycles. The van der Waals surface area contributed by atoms with Crippen molar-refractivity contribution >= 4 is 11.9 Å². The van der Waals surface area contributed by atoms with E-state index >= 15 is 0 Å². The van der Waals surface area contributed by atoms with E-state index < -0.39 is 18.0 Å². The molecule has 0 spiro atoms. The van der Waals surface area contributed by atoms with Crippen LogP contribution in [0.25, 0.3) is 0 Å². The molecule has 1 unspecified atom stereocenters. The number of rotatable bonds is 7. The number of ether oxygens (including phenoxy) is 3. The van der Waals surface area contributed by atoms with Crippen LogP contribution in [0.5, 0.6) is 0 Å². The zero-order chi connectivity index (χ0) is 15.1. The SMILES string of the molecule is CC(C)OC(=O)CC(OC1CCCC1)C(=O)OC(C)C. The Labute approximate surface area is 121 Å². The molecule has 0 N–H and O–H groups in total. The Morgan fingerprint density at radius 2 is 1.55 bits per heavy atom. The van der Waals surface area contributed by atoms with E-state index in [4.69, 9.17) is 14.2 Å². The average molecular weight is 286 g/mol. The molecule has 1 aliphatic rings. The molecule has 0 bridgehead atoms. The van der Waals surface area contributed by atoms with Crippen LogP contribution in [0.15, 0.2) is 0 Å². The first-order valence-electron chi connectivity index (χ1n) is 7.44. The number of hydrogen-bond donors (Lipinski definition) is 0. The fraction of sp³-hybridized carbons (Fsp3) is 0.867. The van der Waals surface area contributed by atoms with Crippen LogP contribution in [0, 0.1) is 0 Å². The summed E-state index contributed by atoms with van der Waals surface area (Å²) in [6.07, 6.45) is 2.77. The lowest BCUT2D eigenvalue weighted by molar-refractivity contribution is -0.171. The Morgan fingerprint density at radius 1 is 1.00 bits per heavy atom. The zero-order valence-corrected chi connectivity index (χ0v) is 12.9. The number of carbonyl (C=O) groups is 2. The summed E-state index contributed by atoms with van der Waals surface area (Å²) in [5.74, 6) is -0.906. The third-order valence-corrected chi connectivity index (χ3v) is 2.99. The first-order chi connectivity index (χ1) is 9.38. The number of esters is 2. The van der Waals surface area contributed by atoms with E-state index in [0.29, 0.717) is 0 Å². The summed E-state index contributed by atoms with van der Waals surface area (Å²) in [5.41, 5.74) is 0. The molecule has 1 saturated carbocycles. The monoisotopic (exact) mass is 286 g/mol. The third-order valence-electron chi connectivity index (χ3n) is 2.99. The first-order valence-corrected chi connectivity index (χ1v) is 7.44. The predicted octanol–water partition coefficient (Wildman–Crippen LogP) is 2.61. The highest BCUT2D eigenvalue weighted by atomic mass is 16.6. The molecule has 0 heterocycles. The molecule has 5 nitrogen and oxygen atoms in total. The van der Waals surface area contributed by atoms with Gasteiger partial charge in [0.05, 0.1) is 24.7 Å². The average Bonchev–Trinajstić information content (AvgIpc) is 2.78. The molecule has 1 aliphatic carbocycles. The van der Waals surface area contributed by atoms with E-state index in [0.717, 1.165) is 25.7 Å². The van der Waals surface area contributed by atoms with Gasteiger partial charge in [-0.15, -0.1) is 0 Å². The highest BCUT2D eigenvalue weighted by molar-refractivity contribution is 5.82. The molecular formula is C15H26O5. The Morgan fingerprint density at radius 3 is 2.05 bits per heavy atom. The second-order valence-electron chi connectivity index (χ2n) is 5.76. The summed E-state index contributed by atoms with van der Waals surface area (Å²) in [6.45, 7) is 7.10. The van der Waals surface area contributed by atoms with E-state index in [1.54, 1.807) is 27.7 Å². The van der Waals surface area contributed by atoms with Crippen LogP contribution < -0.4 is 0 Å². The topological polar surface area (TPSA) is 61.8 Å². The van der Waals surface area contributed by atoms with Crippen molar-refractivity contribution in [2.75, 3.05) is 0 Å². The molecule has 0 aromatic heterocycles. The molecule has 20 heavy (non-hydrogen) atoms. The van der Waals surface area contributed by atoms with Crippen LogP contribution in [0.1, 0.15) is 59.8 Å². The Hall–Kier alpha value is -1.10. The van der Waals surface area contributed by atoms with Crippen LogP contribution in [-0.4, -0.2) is 36.4 Å². The summed E-state index contributed by atoms with van der Waals surface area (Å²) in [7, 11) is 0. The predicted molar refractivity (Wildman–Crippen MR) is 74.2 cm³/mol. The largest absolute Gasteiger partial charge is 0.463 e. The van der Waals surface area contributed by atoms with Gasteiger partial charge in [-0.2, -0.15) is 0 Å². The molecule has 0 aliphatic heterocycles. The maximum Gasteiger partial charge on any atom is 0.336 e. The van der Waals surface area contributed by atoms with Gasteiger partial charge in [0.1, 0.15) is 0 Å². The van der Waals surface area contributed by atoms with Crippen molar-refractivity contribution in [1.82, 2.24) is 0 Å².